The number of hydrogen-bond donors (Lipinski definition) is 2. The molecule has 0 amide bonds. The van der Waals surface area contributed by atoms with E-state index < -0.39 is 0 Å². The average molecular weight is 181 g/mol. The lowest BCUT2D eigenvalue weighted by Crippen LogP contribution is -2.17. The smallest absolute Gasteiger partial charge is 0.0705 e. The quantitative estimate of drug-likeness (QED) is 0.696. The highest BCUT2D eigenvalue weighted by molar-refractivity contribution is 5.45. The van der Waals surface area contributed by atoms with Crippen molar-refractivity contribution in [3.8, 4) is 0 Å². The van der Waals surface area contributed by atoms with Crippen molar-refractivity contribution in [1.29, 1.82) is 0 Å². The molecule has 4 heteroatoms. The first kappa shape index (κ1) is 9.95. The van der Waals surface area contributed by atoms with E-state index in [0.29, 0.717) is 5.69 Å². The number of aliphatic hydroxyl groups is 1. The van der Waals surface area contributed by atoms with Crippen LogP contribution in [-0.4, -0.2) is 30.8 Å². The number of aromatic nitrogens is 1. The Morgan fingerprint density at radius 1 is 1.62 bits per heavy atom. The van der Waals surface area contributed by atoms with Gasteiger partial charge in [-0.25, -0.2) is 0 Å². The van der Waals surface area contributed by atoms with Crippen LogP contribution >= 0.6 is 0 Å². The molecule has 0 saturated heterocycles. The number of anilines is 1. The van der Waals surface area contributed by atoms with E-state index in [-0.39, 0.29) is 12.6 Å². The molecule has 1 rings (SSSR count). The van der Waals surface area contributed by atoms with E-state index in [2.05, 4.69) is 4.98 Å². The maximum absolute atomic E-state index is 8.84. The highest BCUT2D eigenvalue weighted by Gasteiger charge is 2.06. The molecule has 0 aliphatic carbocycles. The number of nitrogens with zero attached hydrogens (tertiary/aromatic N) is 2. The van der Waals surface area contributed by atoms with Gasteiger partial charge in [-0.1, -0.05) is 0 Å². The van der Waals surface area contributed by atoms with Crippen LogP contribution in [0.25, 0.3) is 0 Å². The van der Waals surface area contributed by atoms with E-state index >= 15 is 0 Å². The molecule has 0 aliphatic rings. The molecular weight excluding hydrogens is 166 g/mol. The summed E-state index contributed by atoms with van der Waals surface area (Å²) in [7, 11) is 3.90. The first-order chi connectivity index (χ1) is 6.15. The maximum atomic E-state index is 8.84. The molecule has 1 atom stereocenters. The zero-order valence-electron chi connectivity index (χ0n) is 7.94. The van der Waals surface area contributed by atoms with Crippen molar-refractivity contribution in [2.45, 2.75) is 6.04 Å². The van der Waals surface area contributed by atoms with Crippen LogP contribution < -0.4 is 10.6 Å². The fourth-order valence-corrected chi connectivity index (χ4v) is 1.01. The minimum atomic E-state index is -0.389. The third-order valence-electron chi connectivity index (χ3n) is 1.86. The summed E-state index contributed by atoms with van der Waals surface area (Å²) >= 11 is 0. The third-order valence-corrected chi connectivity index (χ3v) is 1.86. The normalized spacial score (nSPS) is 12.6. The second-order valence-corrected chi connectivity index (χ2v) is 3.12. The third kappa shape index (κ3) is 2.40. The molecule has 0 bridgehead atoms. The first-order valence-corrected chi connectivity index (χ1v) is 4.15. The largest absolute Gasteiger partial charge is 0.394 e. The Kier molecular flexibility index (Phi) is 3.22. The summed E-state index contributed by atoms with van der Waals surface area (Å²) in [5, 5.41) is 8.84. The number of hydrogen-bond acceptors (Lipinski definition) is 4. The van der Waals surface area contributed by atoms with E-state index in [4.69, 9.17) is 10.8 Å². The second-order valence-electron chi connectivity index (χ2n) is 3.12. The maximum Gasteiger partial charge on any atom is 0.0705 e. The minimum Gasteiger partial charge on any atom is -0.394 e. The number of pyridine rings is 1. The lowest BCUT2D eigenvalue weighted by Gasteiger charge is -2.14. The van der Waals surface area contributed by atoms with Gasteiger partial charge in [0.1, 0.15) is 0 Å². The van der Waals surface area contributed by atoms with Gasteiger partial charge in [-0.2, -0.15) is 0 Å². The van der Waals surface area contributed by atoms with Crippen molar-refractivity contribution in [3.63, 3.8) is 0 Å². The SMILES string of the molecule is CN(C)c1ccnc([C@H](N)CO)c1. The van der Waals surface area contributed by atoms with E-state index in [1.807, 2.05) is 31.1 Å². The molecule has 0 radical (unpaired) electrons. The van der Waals surface area contributed by atoms with Gasteiger partial charge in [0.2, 0.25) is 0 Å². The molecule has 13 heavy (non-hydrogen) atoms. The lowest BCUT2D eigenvalue weighted by molar-refractivity contribution is 0.266. The van der Waals surface area contributed by atoms with E-state index in [0.717, 1.165) is 5.69 Å². The molecule has 0 fully saturated rings. The molecule has 0 unspecified atom stereocenters. The van der Waals surface area contributed by atoms with Crippen LogP contribution in [0.2, 0.25) is 0 Å². The summed E-state index contributed by atoms with van der Waals surface area (Å²) < 4.78 is 0. The fourth-order valence-electron chi connectivity index (χ4n) is 1.01. The predicted molar refractivity (Wildman–Crippen MR) is 52.6 cm³/mol. The molecule has 0 saturated carbocycles. The van der Waals surface area contributed by atoms with E-state index in [1.54, 1.807) is 6.20 Å². The van der Waals surface area contributed by atoms with E-state index in [9.17, 15) is 0 Å². The van der Waals surface area contributed by atoms with Crippen LogP contribution in [0, 0.1) is 0 Å². The first-order valence-electron chi connectivity index (χ1n) is 4.15. The summed E-state index contributed by atoms with van der Waals surface area (Å²) in [4.78, 5) is 6.05. The molecule has 0 spiro atoms. The summed E-state index contributed by atoms with van der Waals surface area (Å²) in [5.41, 5.74) is 7.38. The number of aliphatic hydroxyl groups excluding tert-OH is 1. The Morgan fingerprint density at radius 3 is 2.85 bits per heavy atom. The van der Waals surface area contributed by atoms with E-state index in [1.165, 1.54) is 0 Å². The van der Waals surface area contributed by atoms with Gasteiger partial charge < -0.3 is 15.7 Å². The zero-order chi connectivity index (χ0) is 9.84. The monoisotopic (exact) mass is 181 g/mol. The van der Waals surface area contributed by atoms with Crippen molar-refractivity contribution < 1.29 is 5.11 Å². The Hall–Kier alpha value is -1.13. The summed E-state index contributed by atoms with van der Waals surface area (Å²) in [6.07, 6.45) is 1.69. The molecule has 3 N–H and O–H groups in total. The van der Waals surface area contributed by atoms with Crippen molar-refractivity contribution in [3.05, 3.63) is 24.0 Å². The molecular formula is C9H15N3O. The number of rotatable bonds is 3. The lowest BCUT2D eigenvalue weighted by atomic mass is 10.2. The highest BCUT2D eigenvalue weighted by Crippen LogP contribution is 2.14. The fraction of sp³-hybridized carbons (Fsp3) is 0.444. The Balaban J connectivity index is 2.91. The van der Waals surface area contributed by atoms with Crippen molar-refractivity contribution in [1.82, 2.24) is 4.98 Å². The highest BCUT2D eigenvalue weighted by atomic mass is 16.3. The molecule has 72 valence electrons. The van der Waals surface area contributed by atoms with Crippen LogP contribution in [0.4, 0.5) is 5.69 Å². The summed E-state index contributed by atoms with van der Waals surface area (Å²) in [6, 6.07) is 3.38. The van der Waals surface area contributed by atoms with Gasteiger partial charge >= 0.3 is 0 Å². The minimum absolute atomic E-state index is 0.0795. The van der Waals surface area contributed by atoms with Gasteiger partial charge in [0.05, 0.1) is 18.3 Å². The Labute approximate surface area is 78.0 Å². The molecule has 1 heterocycles. The van der Waals surface area contributed by atoms with Crippen molar-refractivity contribution in [2.24, 2.45) is 5.73 Å². The van der Waals surface area contributed by atoms with Gasteiger partial charge in [-0.05, 0) is 12.1 Å². The summed E-state index contributed by atoms with van der Waals surface area (Å²) in [5.74, 6) is 0. The number of nitrogens with two attached hydrogens (primary N) is 1. The molecule has 1 aromatic heterocycles. The topological polar surface area (TPSA) is 62.4 Å². The molecule has 1 aromatic rings. The van der Waals surface area contributed by atoms with Gasteiger partial charge in [-0.3, -0.25) is 4.98 Å². The van der Waals surface area contributed by atoms with Gasteiger partial charge in [-0.15, -0.1) is 0 Å². The van der Waals surface area contributed by atoms with Gasteiger partial charge in [0.25, 0.3) is 0 Å². The van der Waals surface area contributed by atoms with Crippen LogP contribution in [0.1, 0.15) is 11.7 Å². The zero-order valence-corrected chi connectivity index (χ0v) is 7.94. The molecule has 4 nitrogen and oxygen atoms in total. The molecule has 0 aromatic carbocycles. The van der Waals surface area contributed by atoms with Crippen molar-refractivity contribution >= 4 is 5.69 Å². The summed E-state index contributed by atoms with van der Waals surface area (Å²) in [6.45, 7) is -0.0795. The Morgan fingerprint density at radius 2 is 2.31 bits per heavy atom. The van der Waals surface area contributed by atoms with Crippen LogP contribution in [0.3, 0.4) is 0 Å². The average Bonchev–Trinajstić information content (AvgIpc) is 2.17. The molecule has 0 aliphatic heterocycles. The predicted octanol–water partition coefficient (Wildman–Crippen LogP) is 0.140. The standard InChI is InChI=1S/C9H15N3O/c1-12(2)7-3-4-11-9(5-7)8(10)6-13/h3-5,8,13H,6,10H2,1-2H3/t8-/m1/s1. The van der Waals surface area contributed by atoms with Gasteiger partial charge in [0, 0.05) is 26.0 Å². The van der Waals surface area contributed by atoms with Crippen molar-refractivity contribution in [2.75, 3.05) is 25.6 Å². The van der Waals surface area contributed by atoms with Crippen LogP contribution in [-0.2, 0) is 0 Å². The second kappa shape index (κ2) is 4.20. The van der Waals surface area contributed by atoms with Crippen LogP contribution in [0.5, 0.6) is 0 Å². The Bertz CT molecular complexity index is 275. The van der Waals surface area contributed by atoms with Crippen LogP contribution in [0.15, 0.2) is 18.3 Å². The van der Waals surface area contributed by atoms with Gasteiger partial charge in [0.15, 0.2) is 0 Å².